The van der Waals surface area contributed by atoms with Gasteiger partial charge in [0.05, 0.1) is 16.5 Å². The number of aryl methyl sites for hydroxylation is 1. The number of aromatic carboxylic acids is 1. The Morgan fingerprint density at radius 2 is 2.04 bits per heavy atom. The highest BCUT2D eigenvalue weighted by molar-refractivity contribution is 7.89. The lowest BCUT2D eigenvalue weighted by Crippen LogP contribution is -2.34. The van der Waals surface area contributed by atoms with Crippen molar-refractivity contribution in [1.82, 2.24) is 9.62 Å². The first kappa shape index (κ1) is 19.6. The van der Waals surface area contributed by atoms with Crippen molar-refractivity contribution < 1.29 is 18.3 Å². The van der Waals surface area contributed by atoms with E-state index in [-0.39, 0.29) is 23.0 Å². The fourth-order valence-corrected chi connectivity index (χ4v) is 4.81. The van der Waals surface area contributed by atoms with Gasteiger partial charge in [-0.05, 0) is 49.7 Å². The molecule has 1 aromatic carbocycles. The average Bonchev–Trinajstić information content (AvgIpc) is 3.08. The van der Waals surface area contributed by atoms with E-state index in [4.69, 9.17) is 5.11 Å². The van der Waals surface area contributed by atoms with E-state index >= 15 is 0 Å². The third-order valence-corrected chi connectivity index (χ3v) is 6.43. The predicted molar refractivity (Wildman–Crippen MR) is 98.7 cm³/mol. The van der Waals surface area contributed by atoms with Gasteiger partial charge in [-0.3, -0.25) is 0 Å². The third-order valence-electron chi connectivity index (χ3n) is 3.95. The van der Waals surface area contributed by atoms with Crippen molar-refractivity contribution in [3.63, 3.8) is 0 Å². The number of thiophene rings is 1. The van der Waals surface area contributed by atoms with Gasteiger partial charge < -0.3 is 10.0 Å². The standard InChI is InChI=1S/C17H22N2O4S2/c1-4-12-7-8-13(17(20)21)10-16(12)25(22,23)18-11-14(19(2)3)15-6-5-9-24-15/h5-10,14,18H,4,11H2,1-3H3,(H,20,21). The molecule has 0 saturated carbocycles. The number of likely N-dealkylation sites (N-methyl/N-ethyl adjacent to an activating group) is 1. The van der Waals surface area contributed by atoms with Gasteiger partial charge in [0.1, 0.15) is 0 Å². The molecule has 0 aliphatic carbocycles. The Morgan fingerprint density at radius 3 is 2.56 bits per heavy atom. The number of carboxylic acid groups (broad SMARTS) is 1. The minimum absolute atomic E-state index is 0.0265. The van der Waals surface area contributed by atoms with Gasteiger partial charge in [0.25, 0.3) is 0 Å². The van der Waals surface area contributed by atoms with Crippen molar-refractivity contribution in [3.05, 3.63) is 51.7 Å². The summed E-state index contributed by atoms with van der Waals surface area (Å²) in [6, 6.07) is 8.00. The lowest BCUT2D eigenvalue weighted by molar-refractivity contribution is 0.0696. The van der Waals surface area contributed by atoms with Crippen LogP contribution in [-0.4, -0.2) is 45.0 Å². The molecule has 2 N–H and O–H groups in total. The second-order valence-electron chi connectivity index (χ2n) is 5.83. The summed E-state index contributed by atoms with van der Waals surface area (Å²) in [5, 5.41) is 11.1. The molecule has 1 heterocycles. The van der Waals surface area contributed by atoms with E-state index < -0.39 is 16.0 Å². The number of nitrogens with one attached hydrogen (secondary N) is 1. The zero-order valence-corrected chi connectivity index (χ0v) is 16.0. The molecule has 0 radical (unpaired) electrons. The van der Waals surface area contributed by atoms with E-state index in [0.717, 1.165) is 4.88 Å². The molecule has 0 aliphatic rings. The van der Waals surface area contributed by atoms with Gasteiger partial charge in [0.15, 0.2) is 0 Å². The van der Waals surface area contributed by atoms with E-state index in [9.17, 15) is 13.2 Å². The monoisotopic (exact) mass is 382 g/mol. The molecule has 136 valence electrons. The Morgan fingerprint density at radius 1 is 1.32 bits per heavy atom. The molecule has 25 heavy (non-hydrogen) atoms. The molecule has 8 heteroatoms. The summed E-state index contributed by atoms with van der Waals surface area (Å²) in [5.41, 5.74) is 0.551. The van der Waals surface area contributed by atoms with Crippen LogP contribution in [0, 0.1) is 0 Å². The van der Waals surface area contributed by atoms with Crippen molar-refractivity contribution in [3.8, 4) is 0 Å². The van der Waals surface area contributed by atoms with Crippen molar-refractivity contribution in [2.75, 3.05) is 20.6 Å². The molecular formula is C17H22N2O4S2. The molecule has 0 saturated heterocycles. The topological polar surface area (TPSA) is 86.7 Å². The molecule has 0 bridgehead atoms. The third kappa shape index (κ3) is 4.66. The van der Waals surface area contributed by atoms with Crippen LogP contribution in [0.4, 0.5) is 0 Å². The number of hydrogen-bond donors (Lipinski definition) is 2. The highest BCUT2D eigenvalue weighted by Gasteiger charge is 2.23. The molecule has 1 unspecified atom stereocenters. The van der Waals surface area contributed by atoms with Crippen molar-refractivity contribution in [2.45, 2.75) is 24.3 Å². The van der Waals surface area contributed by atoms with Crippen LogP contribution in [0.2, 0.25) is 0 Å². The maximum Gasteiger partial charge on any atom is 0.335 e. The van der Waals surface area contributed by atoms with Gasteiger partial charge in [0, 0.05) is 11.4 Å². The van der Waals surface area contributed by atoms with Crippen LogP contribution >= 0.6 is 11.3 Å². The summed E-state index contributed by atoms with van der Waals surface area (Å²) in [7, 11) is -0.0339. The summed E-state index contributed by atoms with van der Waals surface area (Å²) >= 11 is 1.57. The second-order valence-corrected chi connectivity index (χ2v) is 8.54. The van der Waals surface area contributed by atoms with Gasteiger partial charge >= 0.3 is 5.97 Å². The summed E-state index contributed by atoms with van der Waals surface area (Å²) in [4.78, 5) is 14.2. The minimum atomic E-state index is -3.81. The molecule has 1 atom stereocenters. The fourth-order valence-electron chi connectivity index (χ4n) is 2.51. The van der Waals surface area contributed by atoms with E-state index in [2.05, 4.69) is 4.72 Å². The SMILES string of the molecule is CCc1ccc(C(=O)O)cc1S(=O)(=O)NCC(c1cccs1)N(C)C. The Hall–Kier alpha value is -1.74. The van der Waals surface area contributed by atoms with E-state index in [1.165, 1.54) is 12.1 Å². The lowest BCUT2D eigenvalue weighted by Gasteiger charge is -2.23. The largest absolute Gasteiger partial charge is 0.478 e. The van der Waals surface area contributed by atoms with Crippen molar-refractivity contribution in [2.24, 2.45) is 0 Å². The maximum atomic E-state index is 12.8. The Kier molecular flexibility index (Phi) is 6.34. The molecule has 2 aromatic rings. The molecule has 0 spiro atoms. The average molecular weight is 383 g/mol. The van der Waals surface area contributed by atoms with Gasteiger partial charge in [0.2, 0.25) is 10.0 Å². The van der Waals surface area contributed by atoms with Crippen LogP contribution < -0.4 is 4.72 Å². The molecular weight excluding hydrogens is 360 g/mol. The Balaban J connectivity index is 2.29. The summed E-state index contributed by atoms with van der Waals surface area (Å²) < 4.78 is 28.2. The minimum Gasteiger partial charge on any atom is -0.478 e. The highest BCUT2D eigenvalue weighted by atomic mass is 32.2. The second kappa shape index (κ2) is 8.09. The number of benzene rings is 1. The van der Waals surface area contributed by atoms with Crippen molar-refractivity contribution >= 4 is 27.3 Å². The number of hydrogen-bond acceptors (Lipinski definition) is 5. The fraction of sp³-hybridized carbons (Fsp3) is 0.353. The Labute approximate surface area is 152 Å². The molecule has 0 fully saturated rings. The first-order valence-electron chi connectivity index (χ1n) is 7.82. The van der Waals surface area contributed by atoms with Gasteiger partial charge in [-0.25, -0.2) is 17.9 Å². The van der Waals surface area contributed by atoms with E-state index in [0.29, 0.717) is 12.0 Å². The van der Waals surface area contributed by atoms with Gasteiger partial charge in [-0.1, -0.05) is 19.1 Å². The normalized spacial score (nSPS) is 13.1. The van der Waals surface area contributed by atoms with E-state index in [1.54, 1.807) is 17.4 Å². The first-order chi connectivity index (χ1) is 11.8. The van der Waals surface area contributed by atoms with Crippen LogP contribution in [0.15, 0.2) is 40.6 Å². The predicted octanol–water partition coefficient (Wildman–Crippen LogP) is 2.59. The van der Waals surface area contributed by atoms with Crippen LogP contribution in [0.5, 0.6) is 0 Å². The molecule has 2 rings (SSSR count). The molecule has 0 amide bonds. The number of rotatable bonds is 8. The first-order valence-corrected chi connectivity index (χ1v) is 10.2. The zero-order chi connectivity index (χ0) is 18.6. The van der Waals surface area contributed by atoms with Crippen LogP contribution in [0.3, 0.4) is 0 Å². The summed E-state index contributed by atoms with van der Waals surface area (Å²) in [6.07, 6.45) is 0.498. The Bertz CT molecular complexity index is 830. The van der Waals surface area contributed by atoms with Gasteiger partial charge in [-0.15, -0.1) is 11.3 Å². The van der Waals surface area contributed by atoms with Crippen LogP contribution in [-0.2, 0) is 16.4 Å². The van der Waals surface area contributed by atoms with Crippen LogP contribution in [0.1, 0.15) is 33.8 Å². The number of carboxylic acids is 1. The summed E-state index contributed by atoms with van der Waals surface area (Å²) in [5.74, 6) is -1.15. The van der Waals surface area contributed by atoms with Gasteiger partial charge in [-0.2, -0.15) is 0 Å². The smallest absolute Gasteiger partial charge is 0.335 e. The number of carbonyl (C=O) groups is 1. The van der Waals surface area contributed by atoms with E-state index in [1.807, 2.05) is 43.4 Å². The lowest BCUT2D eigenvalue weighted by atomic mass is 10.1. The highest BCUT2D eigenvalue weighted by Crippen LogP contribution is 2.24. The van der Waals surface area contributed by atoms with Crippen molar-refractivity contribution in [1.29, 1.82) is 0 Å². The maximum absolute atomic E-state index is 12.8. The van der Waals surface area contributed by atoms with Crippen LogP contribution in [0.25, 0.3) is 0 Å². The quantitative estimate of drug-likeness (QED) is 0.733. The number of sulfonamides is 1. The molecule has 1 aromatic heterocycles. The number of nitrogens with zero attached hydrogens (tertiary/aromatic N) is 1. The molecule has 6 nitrogen and oxygen atoms in total. The summed E-state index contributed by atoms with van der Waals surface area (Å²) in [6.45, 7) is 2.04. The molecule has 0 aliphatic heterocycles. The zero-order valence-electron chi connectivity index (χ0n) is 14.4.